The van der Waals surface area contributed by atoms with Gasteiger partial charge in [-0.1, -0.05) is 46.0 Å². The smallest absolute Gasteiger partial charge is 0.0572 e. The van der Waals surface area contributed by atoms with E-state index < -0.39 is 0 Å². The monoisotopic (exact) mass is 215 g/mol. The van der Waals surface area contributed by atoms with E-state index >= 15 is 0 Å². The molecule has 92 valence electrons. The van der Waals surface area contributed by atoms with E-state index in [0.29, 0.717) is 6.10 Å². The van der Waals surface area contributed by atoms with Crippen molar-refractivity contribution in [1.29, 1.82) is 0 Å². The van der Waals surface area contributed by atoms with Gasteiger partial charge in [0.15, 0.2) is 0 Å². The minimum Gasteiger partial charge on any atom is -0.378 e. The van der Waals surface area contributed by atoms with E-state index in [-0.39, 0.29) is 0 Å². The maximum Gasteiger partial charge on any atom is 0.0572 e. The van der Waals surface area contributed by atoms with Crippen molar-refractivity contribution in [3.8, 4) is 0 Å². The maximum absolute atomic E-state index is 5.76. The summed E-state index contributed by atoms with van der Waals surface area (Å²) in [7, 11) is 0. The van der Waals surface area contributed by atoms with E-state index in [0.717, 1.165) is 26.0 Å². The zero-order valence-electron chi connectivity index (χ0n) is 10.6. The topological polar surface area (TPSA) is 35.2 Å². The Kier molecular flexibility index (Phi) is 11.9. The Morgan fingerprint density at radius 2 is 1.73 bits per heavy atom. The molecule has 0 aromatic rings. The Balaban J connectivity index is 3.28. The predicted octanol–water partition coefficient (Wildman–Crippen LogP) is 3.49. The van der Waals surface area contributed by atoms with Gasteiger partial charge < -0.3 is 10.5 Å². The second-order valence-corrected chi connectivity index (χ2v) is 4.25. The summed E-state index contributed by atoms with van der Waals surface area (Å²) in [5.41, 5.74) is 5.43. The number of ether oxygens (including phenoxy) is 1. The summed E-state index contributed by atoms with van der Waals surface area (Å²) in [4.78, 5) is 0. The summed E-state index contributed by atoms with van der Waals surface area (Å²) in [5, 5.41) is 0. The molecule has 0 spiro atoms. The molecule has 0 aromatic heterocycles. The fraction of sp³-hybridized carbons (Fsp3) is 1.00. The molecule has 0 aromatic carbocycles. The van der Waals surface area contributed by atoms with Crippen molar-refractivity contribution >= 4 is 0 Å². The lowest BCUT2D eigenvalue weighted by Crippen LogP contribution is -2.14. The predicted molar refractivity (Wildman–Crippen MR) is 67.1 cm³/mol. The largest absolute Gasteiger partial charge is 0.378 e. The minimum atomic E-state index is 0.471. The lowest BCUT2D eigenvalue weighted by atomic mass is 10.1. The average molecular weight is 215 g/mol. The van der Waals surface area contributed by atoms with Crippen LogP contribution >= 0.6 is 0 Å². The van der Waals surface area contributed by atoms with Crippen LogP contribution in [-0.2, 0) is 4.74 Å². The minimum absolute atomic E-state index is 0.471. The van der Waals surface area contributed by atoms with E-state index in [9.17, 15) is 0 Å². The molecular formula is C13H29NO. The molecule has 0 heterocycles. The van der Waals surface area contributed by atoms with Crippen molar-refractivity contribution in [2.24, 2.45) is 5.73 Å². The van der Waals surface area contributed by atoms with E-state index in [4.69, 9.17) is 10.5 Å². The van der Waals surface area contributed by atoms with Gasteiger partial charge in [0.25, 0.3) is 0 Å². The van der Waals surface area contributed by atoms with E-state index in [1.165, 1.54) is 38.5 Å². The van der Waals surface area contributed by atoms with Gasteiger partial charge in [0.05, 0.1) is 6.10 Å². The summed E-state index contributed by atoms with van der Waals surface area (Å²) in [6.07, 6.45) is 10.6. The molecule has 0 saturated carbocycles. The molecule has 0 saturated heterocycles. The van der Waals surface area contributed by atoms with Crippen molar-refractivity contribution in [1.82, 2.24) is 0 Å². The van der Waals surface area contributed by atoms with E-state index in [2.05, 4.69) is 13.8 Å². The van der Waals surface area contributed by atoms with E-state index in [1.54, 1.807) is 0 Å². The first-order valence-electron chi connectivity index (χ1n) is 6.66. The molecule has 2 N–H and O–H groups in total. The third-order valence-electron chi connectivity index (χ3n) is 2.79. The number of hydrogen-bond donors (Lipinski definition) is 1. The zero-order valence-corrected chi connectivity index (χ0v) is 10.6. The molecule has 2 heteroatoms. The Bertz CT molecular complexity index is 117. The second-order valence-electron chi connectivity index (χ2n) is 4.25. The normalized spacial score (nSPS) is 13.0. The molecule has 15 heavy (non-hydrogen) atoms. The van der Waals surface area contributed by atoms with Gasteiger partial charge in [-0.15, -0.1) is 0 Å². The van der Waals surface area contributed by atoms with Gasteiger partial charge in [0.2, 0.25) is 0 Å². The Hall–Kier alpha value is -0.0800. The Labute approximate surface area is 95.6 Å². The highest BCUT2D eigenvalue weighted by atomic mass is 16.5. The SMILES string of the molecule is CCCCCCCC(CC)OCCCN. The van der Waals surface area contributed by atoms with Crippen molar-refractivity contribution in [2.75, 3.05) is 13.2 Å². The zero-order chi connectivity index (χ0) is 11.4. The molecule has 0 aliphatic heterocycles. The molecular weight excluding hydrogens is 186 g/mol. The van der Waals surface area contributed by atoms with Crippen molar-refractivity contribution in [2.45, 2.75) is 71.3 Å². The van der Waals surface area contributed by atoms with Crippen LogP contribution in [0.4, 0.5) is 0 Å². The summed E-state index contributed by atoms with van der Waals surface area (Å²) >= 11 is 0. The lowest BCUT2D eigenvalue weighted by molar-refractivity contribution is 0.0426. The molecule has 0 aliphatic carbocycles. The van der Waals surface area contributed by atoms with Crippen molar-refractivity contribution in [3.05, 3.63) is 0 Å². The van der Waals surface area contributed by atoms with Crippen molar-refractivity contribution in [3.63, 3.8) is 0 Å². The van der Waals surface area contributed by atoms with Crippen LogP contribution in [0, 0.1) is 0 Å². The summed E-state index contributed by atoms with van der Waals surface area (Å²) < 4.78 is 5.76. The Morgan fingerprint density at radius 3 is 2.33 bits per heavy atom. The van der Waals surface area contributed by atoms with Gasteiger partial charge in [0, 0.05) is 6.61 Å². The van der Waals surface area contributed by atoms with Gasteiger partial charge in [-0.25, -0.2) is 0 Å². The third-order valence-corrected chi connectivity index (χ3v) is 2.79. The highest BCUT2D eigenvalue weighted by Gasteiger charge is 2.05. The second kappa shape index (κ2) is 12.0. The van der Waals surface area contributed by atoms with Crippen LogP contribution in [-0.4, -0.2) is 19.3 Å². The first-order chi connectivity index (χ1) is 7.35. The first kappa shape index (κ1) is 14.9. The highest BCUT2D eigenvalue weighted by molar-refractivity contribution is 4.56. The van der Waals surface area contributed by atoms with Crippen LogP contribution in [0.2, 0.25) is 0 Å². The third kappa shape index (κ3) is 10.2. The van der Waals surface area contributed by atoms with Crippen LogP contribution in [0.25, 0.3) is 0 Å². The van der Waals surface area contributed by atoms with Crippen LogP contribution in [0.5, 0.6) is 0 Å². The highest BCUT2D eigenvalue weighted by Crippen LogP contribution is 2.11. The first-order valence-corrected chi connectivity index (χ1v) is 6.66. The Morgan fingerprint density at radius 1 is 1.00 bits per heavy atom. The molecule has 2 nitrogen and oxygen atoms in total. The van der Waals surface area contributed by atoms with Crippen molar-refractivity contribution < 1.29 is 4.74 Å². The van der Waals surface area contributed by atoms with Gasteiger partial charge in [0.1, 0.15) is 0 Å². The van der Waals surface area contributed by atoms with Crippen LogP contribution in [0.1, 0.15) is 65.2 Å². The molecule has 0 bridgehead atoms. The molecule has 1 unspecified atom stereocenters. The van der Waals surface area contributed by atoms with Crippen LogP contribution in [0.3, 0.4) is 0 Å². The van der Waals surface area contributed by atoms with Gasteiger partial charge in [-0.3, -0.25) is 0 Å². The fourth-order valence-electron chi connectivity index (χ4n) is 1.71. The summed E-state index contributed by atoms with van der Waals surface area (Å²) in [5.74, 6) is 0. The molecule has 1 atom stereocenters. The molecule has 0 rings (SSSR count). The number of hydrogen-bond acceptors (Lipinski definition) is 2. The van der Waals surface area contributed by atoms with Gasteiger partial charge in [-0.05, 0) is 25.8 Å². The standard InChI is InChI=1S/C13H29NO/c1-3-5-6-7-8-10-13(4-2)15-12-9-11-14/h13H,3-12,14H2,1-2H3. The van der Waals surface area contributed by atoms with Crippen LogP contribution < -0.4 is 5.73 Å². The molecule has 0 amide bonds. The van der Waals surface area contributed by atoms with Gasteiger partial charge in [-0.2, -0.15) is 0 Å². The lowest BCUT2D eigenvalue weighted by Gasteiger charge is -2.15. The average Bonchev–Trinajstić information content (AvgIpc) is 2.26. The number of rotatable bonds is 11. The quantitative estimate of drug-likeness (QED) is 0.535. The molecule has 0 radical (unpaired) electrons. The van der Waals surface area contributed by atoms with Crippen LogP contribution in [0.15, 0.2) is 0 Å². The van der Waals surface area contributed by atoms with Gasteiger partial charge >= 0.3 is 0 Å². The number of nitrogens with two attached hydrogens (primary N) is 1. The van der Waals surface area contributed by atoms with E-state index in [1.807, 2.05) is 0 Å². The molecule has 0 aliphatic rings. The summed E-state index contributed by atoms with van der Waals surface area (Å²) in [6, 6.07) is 0. The fourth-order valence-corrected chi connectivity index (χ4v) is 1.71. The number of unbranched alkanes of at least 4 members (excludes halogenated alkanes) is 4. The maximum atomic E-state index is 5.76. The molecule has 0 fully saturated rings. The summed E-state index contributed by atoms with van der Waals surface area (Å²) in [6.45, 7) is 6.04.